The predicted octanol–water partition coefficient (Wildman–Crippen LogP) is 5.91. The number of halogens is 1. The van der Waals surface area contributed by atoms with Crippen LogP contribution in [-0.4, -0.2) is 45.3 Å². The van der Waals surface area contributed by atoms with Crippen molar-refractivity contribution < 1.29 is 14.3 Å². The molecule has 0 saturated carbocycles. The van der Waals surface area contributed by atoms with Crippen LogP contribution in [0.4, 0.5) is 4.79 Å². The van der Waals surface area contributed by atoms with Gasteiger partial charge in [-0.25, -0.2) is 4.79 Å². The molecule has 0 unspecified atom stereocenters. The number of rotatable bonds is 5. The van der Waals surface area contributed by atoms with Crippen molar-refractivity contribution in [1.82, 2.24) is 14.5 Å². The third kappa shape index (κ3) is 5.18. The first-order valence-corrected chi connectivity index (χ1v) is 11.5. The summed E-state index contributed by atoms with van der Waals surface area (Å²) >= 11 is 6.42. The number of benzene rings is 2. The van der Waals surface area contributed by atoms with E-state index in [0.717, 1.165) is 35.9 Å². The van der Waals surface area contributed by atoms with E-state index in [2.05, 4.69) is 0 Å². The molecule has 2 heterocycles. The van der Waals surface area contributed by atoms with Gasteiger partial charge >= 0.3 is 6.09 Å². The first kappa shape index (κ1) is 22.5. The lowest BCUT2D eigenvalue weighted by molar-refractivity contribution is 0.00290. The molecule has 1 aromatic heterocycles. The summed E-state index contributed by atoms with van der Waals surface area (Å²) in [6.45, 7) is 7.26. The number of para-hydroxylation sites is 2. The fourth-order valence-corrected chi connectivity index (χ4v) is 4.21. The summed E-state index contributed by atoms with van der Waals surface area (Å²) in [4.78, 5) is 19.3. The summed E-state index contributed by atoms with van der Waals surface area (Å²) in [6, 6.07) is 16.2. The summed E-state index contributed by atoms with van der Waals surface area (Å²) in [5.41, 5.74) is 2.32. The van der Waals surface area contributed by atoms with Crippen LogP contribution in [0, 0.1) is 0 Å². The minimum Gasteiger partial charge on any atom is -0.462 e. The normalized spacial score (nSPS) is 16.9. The molecule has 0 aliphatic carbocycles. The number of carbonyl (C=O) groups excluding carboxylic acids is 1. The van der Waals surface area contributed by atoms with Gasteiger partial charge in [-0.15, -0.1) is 0 Å². The zero-order valence-corrected chi connectivity index (χ0v) is 19.6. The van der Waals surface area contributed by atoms with Crippen LogP contribution >= 0.6 is 11.6 Å². The van der Waals surface area contributed by atoms with Crippen molar-refractivity contribution >= 4 is 28.7 Å². The molecule has 0 bridgehead atoms. The van der Waals surface area contributed by atoms with Crippen molar-refractivity contribution in [2.75, 3.05) is 13.2 Å². The van der Waals surface area contributed by atoms with Gasteiger partial charge in [-0.2, -0.15) is 4.98 Å². The Hall–Kier alpha value is -2.73. The molecule has 1 amide bonds. The first-order chi connectivity index (χ1) is 15.3. The highest BCUT2D eigenvalue weighted by Crippen LogP contribution is 2.27. The van der Waals surface area contributed by atoms with E-state index in [0.29, 0.717) is 30.7 Å². The monoisotopic (exact) mass is 455 g/mol. The summed E-state index contributed by atoms with van der Waals surface area (Å²) < 4.78 is 13.9. The second kappa shape index (κ2) is 9.41. The van der Waals surface area contributed by atoms with E-state index in [1.165, 1.54) is 0 Å². The zero-order valence-electron chi connectivity index (χ0n) is 18.9. The van der Waals surface area contributed by atoms with Crippen LogP contribution in [0.2, 0.25) is 5.02 Å². The Morgan fingerprint density at radius 3 is 2.66 bits per heavy atom. The van der Waals surface area contributed by atoms with Crippen LogP contribution < -0.4 is 4.74 Å². The van der Waals surface area contributed by atoms with Crippen molar-refractivity contribution in [1.29, 1.82) is 0 Å². The lowest BCUT2D eigenvalue weighted by Crippen LogP contribution is -2.48. The van der Waals surface area contributed by atoms with Crippen LogP contribution in [0.15, 0.2) is 48.5 Å². The van der Waals surface area contributed by atoms with Crippen LogP contribution in [0.5, 0.6) is 6.01 Å². The highest BCUT2D eigenvalue weighted by atomic mass is 35.5. The average molecular weight is 456 g/mol. The van der Waals surface area contributed by atoms with Crippen LogP contribution in [0.3, 0.4) is 0 Å². The standard InChI is InChI=1S/C25H30ClN3O3/c1-25(2,3)32-24(30)28-15-9-8-11-19(28)17-31-23-27-21-13-6-7-14-22(21)29(23)16-18-10-4-5-12-20(18)26/h4-7,10,12-14,19H,8-9,11,15-17H2,1-3H3/t19-/m0/s1. The number of amides is 1. The van der Waals surface area contributed by atoms with Crippen molar-refractivity contribution in [3.63, 3.8) is 0 Å². The Labute approximate surface area is 194 Å². The number of nitrogens with zero attached hydrogens (tertiary/aromatic N) is 3. The van der Waals surface area contributed by atoms with E-state index < -0.39 is 5.60 Å². The maximum atomic E-state index is 12.7. The van der Waals surface area contributed by atoms with E-state index in [1.54, 1.807) is 4.90 Å². The highest BCUT2D eigenvalue weighted by molar-refractivity contribution is 6.31. The summed E-state index contributed by atoms with van der Waals surface area (Å²) in [7, 11) is 0. The molecule has 0 radical (unpaired) electrons. The molecule has 170 valence electrons. The molecule has 0 N–H and O–H groups in total. The number of hydrogen-bond acceptors (Lipinski definition) is 4. The Morgan fingerprint density at radius 2 is 1.88 bits per heavy atom. The number of piperidine rings is 1. The first-order valence-electron chi connectivity index (χ1n) is 11.1. The minimum absolute atomic E-state index is 0.0489. The van der Waals surface area contributed by atoms with Gasteiger partial charge in [0.15, 0.2) is 0 Å². The Kier molecular flexibility index (Phi) is 6.60. The fraction of sp³-hybridized carbons (Fsp3) is 0.440. The predicted molar refractivity (Wildman–Crippen MR) is 126 cm³/mol. The second-order valence-corrected chi connectivity index (χ2v) is 9.60. The Balaban J connectivity index is 1.56. The Bertz CT molecular complexity index is 1090. The molecule has 6 nitrogen and oxygen atoms in total. The van der Waals surface area contributed by atoms with Gasteiger partial charge in [-0.1, -0.05) is 41.9 Å². The van der Waals surface area contributed by atoms with Gasteiger partial charge in [0, 0.05) is 11.6 Å². The van der Waals surface area contributed by atoms with Crippen molar-refractivity contribution in [2.45, 2.75) is 58.2 Å². The van der Waals surface area contributed by atoms with E-state index in [1.807, 2.05) is 73.9 Å². The molecule has 0 spiro atoms. The quantitative estimate of drug-likeness (QED) is 0.480. The number of imidazole rings is 1. The van der Waals surface area contributed by atoms with E-state index >= 15 is 0 Å². The molecule has 2 aromatic carbocycles. The topological polar surface area (TPSA) is 56.6 Å². The van der Waals surface area contributed by atoms with E-state index in [9.17, 15) is 4.79 Å². The number of ether oxygens (including phenoxy) is 2. The van der Waals surface area contributed by atoms with E-state index in [4.69, 9.17) is 26.1 Å². The highest BCUT2D eigenvalue weighted by Gasteiger charge is 2.31. The molecule has 1 saturated heterocycles. The number of fused-ring (bicyclic) bond motifs is 1. The largest absolute Gasteiger partial charge is 0.462 e. The third-order valence-electron chi connectivity index (χ3n) is 5.57. The molecular formula is C25H30ClN3O3. The zero-order chi connectivity index (χ0) is 22.7. The third-order valence-corrected chi connectivity index (χ3v) is 5.93. The summed E-state index contributed by atoms with van der Waals surface area (Å²) in [5.74, 6) is 0. The number of hydrogen-bond donors (Lipinski definition) is 0. The lowest BCUT2D eigenvalue weighted by atomic mass is 10.0. The SMILES string of the molecule is CC(C)(C)OC(=O)N1CCCC[C@H]1COc1nc2ccccc2n1Cc1ccccc1Cl. The van der Waals surface area contributed by atoms with Gasteiger partial charge < -0.3 is 14.4 Å². The Morgan fingerprint density at radius 1 is 1.12 bits per heavy atom. The van der Waals surface area contributed by atoms with E-state index in [-0.39, 0.29) is 12.1 Å². The van der Waals surface area contributed by atoms with Crippen LogP contribution in [-0.2, 0) is 11.3 Å². The van der Waals surface area contributed by atoms with Gasteiger partial charge in [-0.3, -0.25) is 4.57 Å². The van der Waals surface area contributed by atoms with Gasteiger partial charge in [0.25, 0.3) is 6.01 Å². The number of likely N-dealkylation sites (tertiary alicyclic amines) is 1. The molecule has 1 aliphatic heterocycles. The average Bonchev–Trinajstić information content (AvgIpc) is 3.10. The van der Waals surface area contributed by atoms with Gasteiger partial charge in [0.2, 0.25) is 0 Å². The smallest absolute Gasteiger partial charge is 0.410 e. The summed E-state index contributed by atoms with van der Waals surface area (Å²) in [6.07, 6.45) is 2.63. The molecule has 3 aromatic rings. The van der Waals surface area contributed by atoms with Gasteiger partial charge in [0.1, 0.15) is 12.2 Å². The molecule has 4 rings (SSSR count). The number of carbonyl (C=O) groups is 1. The molecule has 7 heteroatoms. The molecular weight excluding hydrogens is 426 g/mol. The van der Waals surface area contributed by atoms with Crippen LogP contribution in [0.25, 0.3) is 11.0 Å². The maximum absolute atomic E-state index is 12.7. The fourth-order valence-electron chi connectivity index (χ4n) is 4.02. The van der Waals surface area contributed by atoms with Crippen LogP contribution in [0.1, 0.15) is 45.6 Å². The lowest BCUT2D eigenvalue weighted by Gasteiger charge is -2.36. The van der Waals surface area contributed by atoms with Gasteiger partial charge in [0.05, 0.1) is 23.6 Å². The molecule has 32 heavy (non-hydrogen) atoms. The number of aromatic nitrogens is 2. The second-order valence-electron chi connectivity index (χ2n) is 9.19. The maximum Gasteiger partial charge on any atom is 0.410 e. The van der Waals surface area contributed by atoms with Gasteiger partial charge in [-0.05, 0) is 63.8 Å². The van der Waals surface area contributed by atoms with Crippen molar-refractivity contribution in [3.8, 4) is 6.01 Å². The minimum atomic E-state index is -0.525. The van der Waals surface area contributed by atoms with Crippen molar-refractivity contribution in [3.05, 3.63) is 59.1 Å². The summed E-state index contributed by atoms with van der Waals surface area (Å²) in [5, 5.41) is 0.708. The molecule has 1 fully saturated rings. The molecule has 1 atom stereocenters. The molecule has 1 aliphatic rings. The van der Waals surface area contributed by atoms with Crippen molar-refractivity contribution in [2.24, 2.45) is 0 Å².